The van der Waals surface area contributed by atoms with Gasteiger partial charge in [-0.3, -0.25) is 4.99 Å². The Morgan fingerprint density at radius 3 is 2.32 bits per heavy atom. The van der Waals surface area contributed by atoms with Gasteiger partial charge < -0.3 is 14.8 Å². The topological polar surface area (TPSA) is 42.8 Å². The van der Waals surface area contributed by atoms with Gasteiger partial charge in [-0.1, -0.05) is 10.9 Å². The number of rotatable bonds is 1. The zero-order valence-corrected chi connectivity index (χ0v) is 10.3. The van der Waals surface area contributed by atoms with E-state index in [1.165, 1.54) is 0 Å². The Morgan fingerprint density at radius 1 is 1.00 bits per heavy atom. The summed E-state index contributed by atoms with van der Waals surface area (Å²) in [5.74, 6) is 1.43. The Hall–Kier alpha value is -1.45. The van der Waals surface area contributed by atoms with Crippen LogP contribution in [0.2, 0.25) is 0 Å². The number of nitrogens with one attached hydrogen (secondary N) is 1. The SMILES string of the molecule is [B]c1c([B])c([B])c2c(c1[B])OCC(C1=NCCN1)O2. The largest absolute Gasteiger partial charge is 0.486 e. The van der Waals surface area contributed by atoms with Crippen molar-refractivity contribution in [1.82, 2.24) is 5.32 Å². The first-order valence-electron chi connectivity index (χ1n) is 5.93. The van der Waals surface area contributed by atoms with Crippen LogP contribution in [0.4, 0.5) is 0 Å². The zero-order valence-electron chi connectivity index (χ0n) is 10.3. The van der Waals surface area contributed by atoms with Gasteiger partial charge in [0, 0.05) is 6.54 Å². The molecule has 0 saturated carbocycles. The van der Waals surface area contributed by atoms with Crippen LogP contribution in [0, 0.1) is 0 Å². The standard InChI is InChI=1S/C11H8B4N2O2/c12-5-6(13)8(15)10-9(7(5)14)18-3-4(19-10)11-16-1-2-17-11/h4H,1-3H2,(H,16,17). The summed E-state index contributed by atoms with van der Waals surface area (Å²) in [6.45, 7) is 1.82. The number of fused-ring (bicyclic) bond motifs is 1. The molecule has 86 valence electrons. The van der Waals surface area contributed by atoms with E-state index in [4.69, 9.17) is 40.9 Å². The lowest BCUT2D eigenvalue weighted by Crippen LogP contribution is -2.52. The third-order valence-corrected chi connectivity index (χ3v) is 3.21. The minimum Gasteiger partial charge on any atom is -0.486 e. The van der Waals surface area contributed by atoms with E-state index in [1.54, 1.807) is 0 Å². The molecule has 3 rings (SSSR count). The Bertz CT molecular complexity index is 577. The molecule has 1 atom stereocenters. The number of nitrogens with zero attached hydrogens (tertiary/aromatic N) is 1. The normalized spacial score (nSPS) is 20.8. The second kappa shape index (κ2) is 4.58. The maximum atomic E-state index is 5.91. The van der Waals surface area contributed by atoms with Crippen molar-refractivity contribution >= 4 is 59.1 Å². The van der Waals surface area contributed by atoms with Crippen molar-refractivity contribution < 1.29 is 9.47 Å². The van der Waals surface area contributed by atoms with Gasteiger partial charge in [-0.05, 0) is 0 Å². The molecule has 1 N–H and O–H groups in total. The molecule has 0 saturated heterocycles. The third kappa shape index (κ3) is 1.94. The van der Waals surface area contributed by atoms with E-state index in [0.717, 1.165) is 18.9 Å². The molecule has 0 amide bonds. The summed E-state index contributed by atoms with van der Waals surface area (Å²) in [6.07, 6.45) is -0.334. The molecule has 2 aliphatic heterocycles. The molecule has 2 aliphatic rings. The van der Waals surface area contributed by atoms with Gasteiger partial charge in [-0.2, -0.15) is 0 Å². The van der Waals surface area contributed by atoms with Crippen molar-refractivity contribution in [3.63, 3.8) is 0 Å². The Labute approximate surface area is 117 Å². The molecule has 4 nitrogen and oxygen atoms in total. The number of amidine groups is 1. The van der Waals surface area contributed by atoms with E-state index in [-0.39, 0.29) is 28.0 Å². The Balaban J connectivity index is 2.01. The molecule has 1 aromatic rings. The van der Waals surface area contributed by atoms with Crippen LogP contribution in [-0.4, -0.2) is 63.0 Å². The van der Waals surface area contributed by atoms with Crippen LogP contribution >= 0.6 is 0 Å². The first-order chi connectivity index (χ1) is 9.09. The number of aliphatic imine (C=N–C) groups is 1. The zero-order chi connectivity index (χ0) is 13.6. The Kier molecular flexibility index (Phi) is 3.03. The lowest BCUT2D eigenvalue weighted by atomic mass is 9.66. The highest BCUT2D eigenvalue weighted by atomic mass is 16.6. The van der Waals surface area contributed by atoms with Crippen molar-refractivity contribution in [1.29, 1.82) is 0 Å². The summed E-state index contributed by atoms with van der Waals surface area (Å²) in [4.78, 5) is 4.30. The minimum atomic E-state index is -0.334. The molecular formula is C11H8B4N2O2. The summed E-state index contributed by atoms with van der Waals surface area (Å²) in [5, 5.41) is 3.13. The van der Waals surface area contributed by atoms with Gasteiger partial charge in [-0.15, -0.1) is 10.9 Å². The summed E-state index contributed by atoms with van der Waals surface area (Å²) in [7, 11) is 23.3. The lowest BCUT2D eigenvalue weighted by molar-refractivity contribution is 0.136. The monoisotopic (exact) mass is 244 g/mol. The number of benzene rings is 1. The van der Waals surface area contributed by atoms with Crippen molar-refractivity contribution in [3.05, 3.63) is 0 Å². The van der Waals surface area contributed by atoms with Crippen LogP contribution in [0.5, 0.6) is 11.5 Å². The summed E-state index contributed by atoms with van der Waals surface area (Å²) in [6, 6.07) is 0. The highest BCUT2D eigenvalue weighted by molar-refractivity contribution is 6.63. The molecule has 2 heterocycles. The van der Waals surface area contributed by atoms with Crippen LogP contribution in [0.3, 0.4) is 0 Å². The molecule has 0 bridgehead atoms. The number of ether oxygens (including phenoxy) is 2. The van der Waals surface area contributed by atoms with Crippen molar-refractivity contribution in [2.45, 2.75) is 6.10 Å². The van der Waals surface area contributed by atoms with E-state index in [1.807, 2.05) is 0 Å². The second-order valence-corrected chi connectivity index (χ2v) is 4.42. The maximum Gasteiger partial charge on any atom is 0.189 e. The number of hydrogen-bond acceptors (Lipinski definition) is 4. The van der Waals surface area contributed by atoms with Crippen molar-refractivity contribution in [2.75, 3.05) is 19.7 Å². The smallest absolute Gasteiger partial charge is 0.189 e. The predicted molar refractivity (Wildman–Crippen MR) is 78.2 cm³/mol. The Morgan fingerprint density at radius 2 is 1.68 bits per heavy atom. The van der Waals surface area contributed by atoms with Crippen LogP contribution in [0.15, 0.2) is 4.99 Å². The van der Waals surface area contributed by atoms with E-state index >= 15 is 0 Å². The van der Waals surface area contributed by atoms with Crippen LogP contribution in [-0.2, 0) is 0 Å². The van der Waals surface area contributed by atoms with E-state index in [2.05, 4.69) is 10.3 Å². The molecule has 0 aromatic heterocycles. The molecule has 19 heavy (non-hydrogen) atoms. The van der Waals surface area contributed by atoms with Gasteiger partial charge in [0.1, 0.15) is 43.8 Å². The van der Waals surface area contributed by atoms with Gasteiger partial charge in [0.15, 0.2) is 17.6 Å². The highest BCUT2D eigenvalue weighted by Gasteiger charge is 2.29. The molecular weight excluding hydrogens is 235 g/mol. The fraction of sp³-hybridized carbons (Fsp3) is 0.364. The van der Waals surface area contributed by atoms with Crippen molar-refractivity contribution in [2.24, 2.45) is 4.99 Å². The van der Waals surface area contributed by atoms with Crippen LogP contribution in [0.25, 0.3) is 0 Å². The predicted octanol–water partition coefficient (Wildman–Crippen LogP) is -4.00. The minimum absolute atomic E-state index is 0.210. The summed E-state index contributed by atoms with van der Waals surface area (Å²) in [5.41, 5.74) is 0.919. The van der Waals surface area contributed by atoms with Crippen LogP contribution in [0.1, 0.15) is 0 Å². The third-order valence-electron chi connectivity index (χ3n) is 3.21. The van der Waals surface area contributed by atoms with Crippen molar-refractivity contribution in [3.8, 4) is 11.5 Å². The van der Waals surface area contributed by atoms with Crippen LogP contribution < -0.4 is 36.6 Å². The van der Waals surface area contributed by atoms with E-state index < -0.39 is 0 Å². The molecule has 0 spiro atoms. The molecule has 0 fully saturated rings. The average molecular weight is 243 g/mol. The fourth-order valence-electron chi connectivity index (χ4n) is 2.14. The summed E-state index contributed by atoms with van der Waals surface area (Å²) >= 11 is 0. The maximum absolute atomic E-state index is 5.91. The van der Waals surface area contributed by atoms with E-state index in [9.17, 15) is 0 Å². The molecule has 8 heteroatoms. The van der Waals surface area contributed by atoms with Gasteiger partial charge in [-0.25, -0.2) is 0 Å². The molecule has 1 aromatic carbocycles. The highest BCUT2D eigenvalue weighted by Crippen LogP contribution is 2.26. The lowest BCUT2D eigenvalue weighted by Gasteiger charge is -2.31. The first-order valence-corrected chi connectivity index (χ1v) is 5.93. The van der Waals surface area contributed by atoms with E-state index in [0.29, 0.717) is 18.1 Å². The molecule has 0 aliphatic carbocycles. The average Bonchev–Trinajstić information content (AvgIpc) is 2.96. The fourth-order valence-corrected chi connectivity index (χ4v) is 2.14. The second-order valence-electron chi connectivity index (χ2n) is 4.42. The quantitative estimate of drug-likeness (QED) is 0.512. The first kappa shape index (κ1) is 12.6. The van der Waals surface area contributed by atoms with Gasteiger partial charge >= 0.3 is 0 Å². The summed E-state index contributed by atoms with van der Waals surface area (Å²) < 4.78 is 11.4. The molecule has 8 radical (unpaired) electrons. The van der Waals surface area contributed by atoms with Gasteiger partial charge in [0.2, 0.25) is 0 Å². The molecule has 1 unspecified atom stereocenters. The van der Waals surface area contributed by atoms with Gasteiger partial charge in [0.25, 0.3) is 0 Å². The van der Waals surface area contributed by atoms with Gasteiger partial charge in [0.05, 0.1) is 6.54 Å². The number of hydrogen-bond donors (Lipinski definition) is 1.